The molecule has 29 heavy (non-hydrogen) atoms. The standard InChI is InChI=1S/C23H26ClN3O2/c1-26-9-11-27(12-10-26)15-17-14-19-20(28-2)7-8-21(29-3)23(19)25-22(17)16-5-4-6-18(24)13-16/h4-8,13-14H,9-12,15H2,1-3H3. The zero-order chi connectivity index (χ0) is 20.4. The largest absolute Gasteiger partial charge is 0.496 e. The summed E-state index contributed by atoms with van der Waals surface area (Å²) in [6, 6.07) is 13.9. The van der Waals surface area contributed by atoms with E-state index in [0.29, 0.717) is 5.02 Å². The molecule has 1 aliphatic heterocycles. The maximum atomic E-state index is 6.29. The Morgan fingerprint density at radius 1 is 0.966 bits per heavy atom. The zero-order valence-corrected chi connectivity index (χ0v) is 17.9. The fourth-order valence-electron chi connectivity index (χ4n) is 3.85. The summed E-state index contributed by atoms with van der Waals surface area (Å²) < 4.78 is 11.2. The highest BCUT2D eigenvalue weighted by molar-refractivity contribution is 6.30. The van der Waals surface area contributed by atoms with Crippen LogP contribution in [-0.2, 0) is 6.54 Å². The van der Waals surface area contributed by atoms with Crippen molar-refractivity contribution in [3.63, 3.8) is 0 Å². The SMILES string of the molecule is COc1ccc(OC)c2nc(-c3cccc(Cl)c3)c(CN3CCN(C)CC3)cc12. The highest BCUT2D eigenvalue weighted by Crippen LogP contribution is 2.36. The lowest BCUT2D eigenvalue weighted by Crippen LogP contribution is -2.43. The van der Waals surface area contributed by atoms with Crippen molar-refractivity contribution in [1.82, 2.24) is 14.8 Å². The molecule has 4 rings (SSSR count). The molecule has 2 aromatic carbocycles. The summed E-state index contributed by atoms with van der Waals surface area (Å²) in [6.07, 6.45) is 0. The molecule has 0 saturated carbocycles. The number of pyridine rings is 1. The maximum absolute atomic E-state index is 6.29. The predicted octanol–water partition coefficient (Wildman–Crippen LogP) is 4.32. The molecule has 1 aromatic heterocycles. The lowest BCUT2D eigenvalue weighted by atomic mass is 10.0. The summed E-state index contributed by atoms with van der Waals surface area (Å²) >= 11 is 6.29. The van der Waals surface area contributed by atoms with Gasteiger partial charge < -0.3 is 14.4 Å². The molecule has 0 aliphatic carbocycles. The molecule has 0 bridgehead atoms. The fraction of sp³-hybridized carbons (Fsp3) is 0.348. The van der Waals surface area contributed by atoms with Gasteiger partial charge in [0.05, 0.1) is 19.9 Å². The summed E-state index contributed by atoms with van der Waals surface area (Å²) in [5.74, 6) is 1.53. The molecule has 5 nitrogen and oxygen atoms in total. The predicted molar refractivity (Wildman–Crippen MR) is 118 cm³/mol. The quantitative estimate of drug-likeness (QED) is 0.625. The number of piperazine rings is 1. The van der Waals surface area contributed by atoms with Gasteiger partial charge in [-0.15, -0.1) is 0 Å². The van der Waals surface area contributed by atoms with Gasteiger partial charge in [0.15, 0.2) is 0 Å². The third kappa shape index (κ3) is 4.17. The Kier molecular flexibility index (Phi) is 5.90. The molecule has 1 saturated heterocycles. The van der Waals surface area contributed by atoms with Gasteiger partial charge in [0.25, 0.3) is 0 Å². The number of halogens is 1. The van der Waals surface area contributed by atoms with Crippen LogP contribution in [0.2, 0.25) is 5.02 Å². The first-order valence-electron chi connectivity index (χ1n) is 9.80. The van der Waals surface area contributed by atoms with Crippen molar-refractivity contribution >= 4 is 22.5 Å². The van der Waals surface area contributed by atoms with Crippen molar-refractivity contribution in [2.75, 3.05) is 47.4 Å². The van der Waals surface area contributed by atoms with E-state index >= 15 is 0 Å². The van der Waals surface area contributed by atoms with Crippen LogP contribution in [0.15, 0.2) is 42.5 Å². The summed E-state index contributed by atoms with van der Waals surface area (Å²) in [4.78, 5) is 9.88. The molecule has 0 amide bonds. The second kappa shape index (κ2) is 8.57. The van der Waals surface area contributed by atoms with E-state index < -0.39 is 0 Å². The van der Waals surface area contributed by atoms with Crippen LogP contribution in [0, 0.1) is 0 Å². The van der Waals surface area contributed by atoms with Crippen LogP contribution in [0.25, 0.3) is 22.2 Å². The van der Waals surface area contributed by atoms with Gasteiger partial charge in [0, 0.05) is 48.7 Å². The van der Waals surface area contributed by atoms with Gasteiger partial charge in [0.1, 0.15) is 17.0 Å². The van der Waals surface area contributed by atoms with Crippen LogP contribution in [-0.4, -0.2) is 62.2 Å². The normalized spacial score (nSPS) is 15.6. The summed E-state index contributed by atoms with van der Waals surface area (Å²) in [5, 5.41) is 1.66. The van der Waals surface area contributed by atoms with E-state index in [2.05, 4.69) is 29.0 Å². The van der Waals surface area contributed by atoms with Crippen molar-refractivity contribution in [2.45, 2.75) is 6.54 Å². The van der Waals surface area contributed by atoms with Crippen molar-refractivity contribution in [1.29, 1.82) is 0 Å². The number of hydrogen-bond donors (Lipinski definition) is 0. The third-order valence-corrected chi connectivity index (χ3v) is 5.75. The molecule has 1 fully saturated rings. The molecule has 0 spiro atoms. The molecule has 0 atom stereocenters. The van der Waals surface area contributed by atoms with Crippen molar-refractivity contribution in [3.8, 4) is 22.8 Å². The van der Waals surface area contributed by atoms with E-state index in [1.54, 1.807) is 14.2 Å². The Hall–Kier alpha value is -2.34. The first-order valence-corrected chi connectivity index (χ1v) is 10.2. The Morgan fingerprint density at radius 2 is 1.69 bits per heavy atom. The van der Waals surface area contributed by atoms with E-state index in [9.17, 15) is 0 Å². The highest BCUT2D eigenvalue weighted by atomic mass is 35.5. The number of rotatable bonds is 5. The van der Waals surface area contributed by atoms with Gasteiger partial charge in [-0.2, -0.15) is 0 Å². The van der Waals surface area contributed by atoms with E-state index in [1.165, 1.54) is 0 Å². The zero-order valence-electron chi connectivity index (χ0n) is 17.1. The number of methoxy groups -OCH3 is 2. The van der Waals surface area contributed by atoms with Crippen LogP contribution < -0.4 is 9.47 Å². The molecule has 6 heteroatoms. The molecule has 0 N–H and O–H groups in total. The summed E-state index contributed by atoms with van der Waals surface area (Å²) in [5.41, 5.74) is 3.90. The minimum atomic E-state index is 0.701. The monoisotopic (exact) mass is 411 g/mol. The van der Waals surface area contributed by atoms with Crippen molar-refractivity contribution in [3.05, 3.63) is 53.1 Å². The van der Waals surface area contributed by atoms with Crippen LogP contribution in [0.5, 0.6) is 11.5 Å². The van der Waals surface area contributed by atoms with Gasteiger partial charge in [0.2, 0.25) is 0 Å². The Balaban J connectivity index is 1.87. The second-order valence-electron chi connectivity index (χ2n) is 7.45. The van der Waals surface area contributed by atoms with Crippen LogP contribution in [0.4, 0.5) is 0 Å². The minimum absolute atomic E-state index is 0.701. The van der Waals surface area contributed by atoms with Gasteiger partial charge >= 0.3 is 0 Å². The summed E-state index contributed by atoms with van der Waals surface area (Å²) in [7, 11) is 5.52. The van der Waals surface area contributed by atoms with E-state index in [4.69, 9.17) is 26.1 Å². The van der Waals surface area contributed by atoms with Crippen LogP contribution in [0.1, 0.15) is 5.56 Å². The lowest BCUT2D eigenvalue weighted by Gasteiger charge is -2.32. The van der Waals surface area contributed by atoms with Crippen LogP contribution in [0.3, 0.4) is 0 Å². The first-order chi connectivity index (χ1) is 14.1. The van der Waals surface area contributed by atoms with Crippen molar-refractivity contribution in [2.24, 2.45) is 0 Å². The number of hydrogen-bond acceptors (Lipinski definition) is 5. The molecular weight excluding hydrogens is 386 g/mol. The number of likely N-dealkylation sites (N-methyl/N-ethyl adjacent to an activating group) is 1. The molecular formula is C23H26ClN3O2. The Morgan fingerprint density at radius 3 is 2.38 bits per heavy atom. The fourth-order valence-corrected chi connectivity index (χ4v) is 4.04. The number of fused-ring (bicyclic) bond motifs is 1. The van der Waals surface area contributed by atoms with Gasteiger partial charge in [-0.3, -0.25) is 4.90 Å². The smallest absolute Gasteiger partial charge is 0.145 e. The topological polar surface area (TPSA) is 37.8 Å². The summed E-state index contributed by atoms with van der Waals surface area (Å²) in [6.45, 7) is 5.06. The number of nitrogens with zero attached hydrogens (tertiary/aromatic N) is 3. The average molecular weight is 412 g/mol. The molecule has 1 aliphatic rings. The lowest BCUT2D eigenvalue weighted by molar-refractivity contribution is 0.148. The Bertz CT molecular complexity index is 1020. The average Bonchev–Trinajstić information content (AvgIpc) is 2.74. The molecule has 0 radical (unpaired) electrons. The molecule has 3 aromatic rings. The maximum Gasteiger partial charge on any atom is 0.145 e. The molecule has 152 valence electrons. The third-order valence-electron chi connectivity index (χ3n) is 5.51. The number of ether oxygens (including phenoxy) is 2. The highest BCUT2D eigenvalue weighted by Gasteiger charge is 2.19. The van der Waals surface area contributed by atoms with Crippen LogP contribution >= 0.6 is 11.6 Å². The van der Waals surface area contributed by atoms with E-state index in [-0.39, 0.29) is 0 Å². The molecule has 2 heterocycles. The second-order valence-corrected chi connectivity index (χ2v) is 7.89. The number of benzene rings is 2. The molecule has 0 unspecified atom stereocenters. The van der Waals surface area contributed by atoms with E-state index in [1.807, 2.05) is 30.3 Å². The number of aromatic nitrogens is 1. The van der Waals surface area contributed by atoms with Gasteiger partial charge in [-0.1, -0.05) is 23.7 Å². The van der Waals surface area contributed by atoms with Gasteiger partial charge in [-0.25, -0.2) is 4.98 Å². The Labute approximate surface area is 176 Å². The minimum Gasteiger partial charge on any atom is -0.496 e. The first kappa shape index (κ1) is 20.0. The van der Waals surface area contributed by atoms with E-state index in [0.717, 1.165) is 71.9 Å². The van der Waals surface area contributed by atoms with Gasteiger partial charge in [-0.05, 0) is 42.9 Å². The van der Waals surface area contributed by atoms with Crippen molar-refractivity contribution < 1.29 is 9.47 Å².